The van der Waals surface area contributed by atoms with Crippen LogP contribution in [0.2, 0.25) is 0 Å². The molecule has 2 aromatic heterocycles. The van der Waals surface area contributed by atoms with Gasteiger partial charge >= 0.3 is 0 Å². The van der Waals surface area contributed by atoms with E-state index in [4.69, 9.17) is 5.73 Å². The topological polar surface area (TPSA) is 67.6 Å². The Bertz CT molecular complexity index is 735. The van der Waals surface area contributed by atoms with E-state index in [1.807, 2.05) is 0 Å². The molecule has 0 aliphatic carbocycles. The van der Waals surface area contributed by atoms with Crippen LogP contribution in [-0.4, -0.2) is 15.2 Å². The molecule has 1 aromatic carbocycles. The van der Waals surface area contributed by atoms with Gasteiger partial charge in [0.2, 0.25) is 0 Å². The summed E-state index contributed by atoms with van der Waals surface area (Å²) in [6, 6.07) is 3.27. The minimum Gasteiger partial charge on any atom is -0.383 e. The summed E-state index contributed by atoms with van der Waals surface area (Å²) in [7, 11) is 0. The highest BCUT2D eigenvalue weighted by molar-refractivity contribution is 7.13. The highest BCUT2D eigenvalue weighted by Crippen LogP contribution is 2.32. The first-order chi connectivity index (χ1) is 9.15. The van der Waals surface area contributed by atoms with Crippen LogP contribution in [0.1, 0.15) is 0 Å². The molecule has 4 nitrogen and oxygen atoms in total. The first kappa shape index (κ1) is 11.8. The summed E-state index contributed by atoms with van der Waals surface area (Å²) in [5, 5.41) is 8.65. The number of nitrogens with two attached hydrogens (primary N) is 1. The number of benzene rings is 1. The summed E-state index contributed by atoms with van der Waals surface area (Å²) in [5.41, 5.74) is 6.84. The zero-order valence-electron chi connectivity index (χ0n) is 9.52. The van der Waals surface area contributed by atoms with E-state index in [2.05, 4.69) is 15.2 Å². The number of H-pyrrole nitrogens is 1. The largest absolute Gasteiger partial charge is 0.383 e. The third kappa shape index (κ3) is 2.08. The molecule has 0 saturated carbocycles. The van der Waals surface area contributed by atoms with E-state index in [0.717, 1.165) is 18.2 Å². The highest BCUT2D eigenvalue weighted by Gasteiger charge is 2.13. The molecule has 3 aromatic rings. The number of nitrogens with one attached hydrogen (secondary N) is 1. The van der Waals surface area contributed by atoms with Crippen LogP contribution >= 0.6 is 11.3 Å². The molecule has 0 unspecified atom stereocenters. The van der Waals surface area contributed by atoms with Crippen molar-refractivity contribution in [2.24, 2.45) is 0 Å². The van der Waals surface area contributed by atoms with E-state index in [0.29, 0.717) is 22.1 Å². The van der Waals surface area contributed by atoms with Gasteiger partial charge in [-0.3, -0.25) is 5.10 Å². The fourth-order valence-electron chi connectivity index (χ4n) is 1.68. The molecule has 0 bridgehead atoms. The van der Waals surface area contributed by atoms with Gasteiger partial charge in [-0.1, -0.05) is 0 Å². The van der Waals surface area contributed by atoms with Crippen molar-refractivity contribution < 1.29 is 8.78 Å². The molecule has 0 aliphatic rings. The number of aromatic nitrogens is 3. The van der Waals surface area contributed by atoms with Crippen molar-refractivity contribution in [1.82, 2.24) is 15.2 Å². The van der Waals surface area contributed by atoms with Crippen LogP contribution in [0, 0.1) is 11.6 Å². The van der Waals surface area contributed by atoms with Crippen LogP contribution in [0.25, 0.3) is 21.8 Å². The molecule has 3 N–H and O–H groups in total. The molecule has 3 rings (SSSR count). The van der Waals surface area contributed by atoms with Crippen LogP contribution in [-0.2, 0) is 0 Å². The van der Waals surface area contributed by atoms with Crippen molar-refractivity contribution in [1.29, 1.82) is 0 Å². The molecule has 96 valence electrons. The molecule has 0 radical (unpaired) electrons. The molecule has 19 heavy (non-hydrogen) atoms. The number of anilines is 1. The lowest BCUT2D eigenvalue weighted by Gasteiger charge is -1.99. The Morgan fingerprint density at radius 1 is 1.21 bits per heavy atom. The smallest absolute Gasteiger partial charge is 0.132 e. The number of hydrogen-bond donors (Lipinski definition) is 2. The summed E-state index contributed by atoms with van der Waals surface area (Å²) < 4.78 is 26.8. The molecule has 0 spiro atoms. The van der Waals surface area contributed by atoms with E-state index in [1.54, 1.807) is 11.6 Å². The number of thiazole rings is 1. The number of halogens is 2. The second-order valence-electron chi connectivity index (χ2n) is 3.86. The van der Waals surface area contributed by atoms with Gasteiger partial charge in [-0.05, 0) is 18.2 Å². The quantitative estimate of drug-likeness (QED) is 0.757. The first-order valence-electron chi connectivity index (χ1n) is 5.35. The van der Waals surface area contributed by atoms with Crippen LogP contribution in [0.4, 0.5) is 14.6 Å². The van der Waals surface area contributed by atoms with E-state index in [9.17, 15) is 8.78 Å². The Morgan fingerprint density at radius 3 is 2.79 bits per heavy atom. The van der Waals surface area contributed by atoms with Gasteiger partial charge in [-0.25, -0.2) is 13.8 Å². The van der Waals surface area contributed by atoms with Crippen LogP contribution in [0.3, 0.4) is 0 Å². The Kier molecular flexibility index (Phi) is 2.75. The zero-order chi connectivity index (χ0) is 13.4. The number of nitrogens with zero attached hydrogens (tertiary/aromatic N) is 2. The lowest BCUT2D eigenvalue weighted by molar-refractivity contribution is 0.603. The van der Waals surface area contributed by atoms with E-state index in [1.165, 1.54) is 11.3 Å². The molecule has 2 heterocycles. The Labute approximate surface area is 110 Å². The number of nitrogen functional groups attached to an aromatic ring is 1. The molecule has 0 atom stereocenters. The van der Waals surface area contributed by atoms with E-state index < -0.39 is 11.6 Å². The standard InChI is InChI=1S/C12H8F2N4S/c13-6-1-2-9(14)7(3-6)10-5-19-12(17-10)8-4-16-18-11(8)15/h1-5H,(H3,15,16,18). The van der Waals surface area contributed by atoms with Crippen LogP contribution in [0.5, 0.6) is 0 Å². The summed E-state index contributed by atoms with van der Waals surface area (Å²) in [5.74, 6) is -0.632. The fraction of sp³-hybridized carbons (Fsp3) is 0. The average molecular weight is 278 g/mol. The Hall–Kier alpha value is -2.28. The molecule has 7 heteroatoms. The minimum absolute atomic E-state index is 0.129. The van der Waals surface area contributed by atoms with Crippen LogP contribution in [0.15, 0.2) is 29.8 Å². The summed E-state index contributed by atoms with van der Waals surface area (Å²) >= 11 is 1.29. The van der Waals surface area contributed by atoms with E-state index >= 15 is 0 Å². The van der Waals surface area contributed by atoms with Gasteiger partial charge in [0.15, 0.2) is 0 Å². The summed E-state index contributed by atoms with van der Waals surface area (Å²) in [6.07, 6.45) is 1.54. The van der Waals surface area contributed by atoms with Crippen LogP contribution < -0.4 is 5.73 Å². The lowest BCUT2D eigenvalue weighted by Crippen LogP contribution is -1.88. The number of rotatable bonds is 2. The second-order valence-corrected chi connectivity index (χ2v) is 4.72. The predicted octanol–water partition coefficient (Wildman–Crippen LogP) is 3.06. The lowest BCUT2D eigenvalue weighted by atomic mass is 10.1. The van der Waals surface area contributed by atoms with Gasteiger partial charge in [0.25, 0.3) is 0 Å². The third-order valence-corrected chi connectivity index (χ3v) is 3.48. The Balaban J connectivity index is 2.06. The molecule has 0 amide bonds. The average Bonchev–Trinajstić information content (AvgIpc) is 3.00. The van der Waals surface area contributed by atoms with Crippen molar-refractivity contribution in [3.05, 3.63) is 41.4 Å². The van der Waals surface area contributed by atoms with Crippen molar-refractivity contribution in [2.75, 3.05) is 5.73 Å². The van der Waals surface area contributed by atoms with Crippen molar-refractivity contribution >= 4 is 17.2 Å². The van der Waals surface area contributed by atoms with Gasteiger partial charge in [0.1, 0.15) is 22.5 Å². The SMILES string of the molecule is Nc1[nH]ncc1-c1nc(-c2cc(F)ccc2F)cs1. The van der Waals surface area contributed by atoms with Gasteiger partial charge in [0, 0.05) is 10.9 Å². The molecule has 0 fully saturated rings. The maximum atomic E-state index is 13.6. The van der Waals surface area contributed by atoms with Crippen molar-refractivity contribution in [3.8, 4) is 21.8 Å². The maximum absolute atomic E-state index is 13.6. The zero-order valence-corrected chi connectivity index (χ0v) is 10.3. The fourth-order valence-corrected chi connectivity index (χ4v) is 2.53. The minimum atomic E-state index is -0.515. The van der Waals surface area contributed by atoms with Crippen molar-refractivity contribution in [2.45, 2.75) is 0 Å². The van der Waals surface area contributed by atoms with E-state index in [-0.39, 0.29) is 5.56 Å². The third-order valence-electron chi connectivity index (χ3n) is 2.61. The monoisotopic (exact) mass is 278 g/mol. The summed E-state index contributed by atoms with van der Waals surface area (Å²) in [6.45, 7) is 0. The van der Waals surface area contributed by atoms with Crippen molar-refractivity contribution in [3.63, 3.8) is 0 Å². The number of aromatic amines is 1. The molecular weight excluding hydrogens is 270 g/mol. The first-order valence-corrected chi connectivity index (χ1v) is 6.23. The van der Waals surface area contributed by atoms with Gasteiger partial charge in [-0.2, -0.15) is 5.10 Å². The second kappa shape index (κ2) is 4.43. The molecule has 0 saturated heterocycles. The predicted molar refractivity (Wildman–Crippen MR) is 69.5 cm³/mol. The Morgan fingerprint density at radius 2 is 2.05 bits per heavy atom. The maximum Gasteiger partial charge on any atom is 0.132 e. The van der Waals surface area contributed by atoms with Gasteiger partial charge < -0.3 is 5.73 Å². The highest BCUT2D eigenvalue weighted by atomic mass is 32.1. The number of hydrogen-bond acceptors (Lipinski definition) is 4. The normalized spacial score (nSPS) is 10.8. The molecular formula is C12H8F2N4S. The van der Waals surface area contributed by atoms with Gasteiger partial charge in [0.05, 0.1) is 17.5 Å². The summed E-state index contributed by atoms with van der Waals surface area (Å²) in [4.78, 5) is 4.26. The van der Waals surface area contributed by atoms with Gasteiger partial charge in [-0.15, -0.1) is 11.3 Å². The molecule has 0 aliphatic heterocycles.